The molecular formula is C14H18N2O4. The molecule has 0 radical (unpaired) electrons. The standard InChI is InChI=1S/C14H18N2O4/c1-9-4-2-3-7-14(9,13(19)20)16-12(18)10-5-6-11(17)15-8-10/h5-6,8-9H,2-4,7H2,1H3,(H,15,17)(H,16,18)(H,19,20). The van der Waals surface area contributed by atoms with Crippen LogP contribution in [0.1, 0.15) is 43.0 Å². The minimum atomic E-state index is -1.22. The first kappa shape index (κ1) is 14.3. The molecular weight excluding hydrogens is 260 g/mol. The maximum atomic E-state index is 12.2. The van der Waals surface area contributed by atoms with Gasteiger partial charge in [0.15, 0.2) is 0 Å². The third-order valence-corrected chi connectivity index (χ3v) is 4.06. The Morgan fingerprint density at radius 1 is 1.40 bits per heavy atom. The van der Waals surface area contributed by atoms with Crippen LogP contribution in [0.3, 0.4) is 0 Å². The van der Waals surface area contributed by atoms with Crippen LogP contribution in [0, 0.1) is 5.92 Å². The van der Waals surface area contributed by atoms with Gasteiger partial charge in [-0.15, -0.1) is 0 Å². The van der Waals surface area contributed by atoms with E-state index in [0.29, 0.717) is 6.42 Å². The largest absolute Gasteiger partial charge is 0.479 e. The zero-order valence-corrected chi connectivity index (χ0v) is 11.3. The number of nitrogens with one attached hydrogen (secondary N) is 2. The SMILES string of the molecule is CC1CCCCC1(NC(=O)c1ccc(=O)[nH]c1)C(=O)O. The van der Waals surface area contributed by atoms with Crippen molar-refractivity contribution in [3.63, 3.8) is 0 Å². The lowest BCUT2D eigenvalue weighted by Crippen LogP contribution is -2.60. The van der Waals surface area contributed by atoms with E-state index in [4.69, 9.17) is 0 Å². The van der Waals surface area contributed by atoms with E-state index in [2.05, 4.69) is 10.3 Å². The van der Waals surface area contributed by atoms with E-state index in [1.54, 1.807) is 0 Å². The predicted molar refractivity (Wildman–Crippen MR) is 72.5 cm³/mol. The fourth-order valence-corrected chi connectivity index (χ4v) is 2.73. The Morgan fingerprint density at radius 2 is 2.15 bits per heavy atom. The number of carbonyl (C=O) groups excluding carboxylic acids is 1. The normalized spacial score (nSPS) is 25.9. The molecule has 0 spiro atoms. The van der Waals surface area contributed by atoms with Crippen molar-refractivity contribution in [3.8, 4) is 0 Å². The number of rotatable bonds is 3. The Morgan fingerprint density at radius 3 is 2.70 bits per heavy atom. The molecule has 2 unspecified atom stereocenters. The lowest BCUT2D eigenvalue weighted by atomic mass is 9.73. The number of hydrogen-bond donors (Lipinski definition) is 3. The third kappa shape index (κ3) is 2.59. The second-order valence-electron chi connectivity index (χ2n) is 5.32. The molecule has 0 bridgehead atoms. The molecule has 1 aliphatic rings. The molecule has 6 nitrogen and oxygen atoms in total. The van der Waals surface area contributed by atoms with Gasteiger partial charge in [0.1, 0.15) is 5.54 Å². The van der Waals surface area contributed by atoms with Gasteiger partial charge in [0, 0.05) is 12.3 Å². The molecule has 20 heavy (non-hydrogen) atoms. The summed E-state index contributed by atoms with van der Waals surface area (Å²) in [5.74, 6) is -1.60. The number of amides is 1. The highest BCUT2D eigenvalue weighted by molar-refractivity contribution is 5.97. The second-order valence-corrected chi connectivity index (χ2v) is 5.32. The molecule has 1 saturated carbocycles. The highest BCUT2D eigenvalue weighted by Gasteiger charge is 2.46. The van der Waals surface area contributed by atoms with Crippen LogP contribution < -0.4 is 10.9 Å². The summed E-state index contributed by atoms with van der Waals surface area (Å²) in [7, 11) is 0. The molecule has 6 heteroatoms. The molecule has 1 aliphatic carbocycles. The maximum absolute atomic E-state index is 12.2. The summed E-state index contributed by atoms with van der Waals surface area (Å²) in [6.45, 7) is 1.85. The molecule has 1 aromatic heterocycles. The number of carbonyl (C=O) groups is 2. The highest BCUT2D eigenvalue weighted by atomic mass is 16.4. The van der Waals surface area contributed by atoms with Gasteiger partial charge in [0.05, 0.1) is 5.56 Å². The number of carboxylic acid groups (broad SMARTS) is 1. The van der Waals surface area contributed by atoms with Crippen molar-refractivity contribution in [2.45, 2.75) is 38.1 Å². The smallest absolute Gasteiger partial charge is 0.329 e. The quantitative estimate of drug-likeness (QED) is 0.772. The van der Waals surface area contributed by atoms with Gasteiger partial charge in [-0.25, -0.2) is 4.79 Å². The maximum Gasteiger partial charge on any atom is 0.329 e. The number of hydrogen-bond acceptors (Lipinski definition) is 3. The third-order valence-electron chi connectivity index (χ3n) is 4.06. The zero-order chi connectivity index (χ0) is 14.8. The van der Waals surface area contributed by atoms with Crippen LogP contribution in [-0.4, -0.2) is 27.5 Å². The summed E-state index contributed by atoms with van der Waals surface area (Å²) < 4.78 is 0. The van der Waals surface area contributed by atoms with Gasteiger partial charge in [-0.3, -0.25) is 9.59 Å². The van der Waals surface area contributed by atoms with Gasteiger partial charge in [-0.05, 0) is 24.8 Å². The number of aromatic nitrogens is 1. The molecule has 0 aromatic carbocycles. The summed E-state index contributed by atoms with van der Waals surface area (Å²) in [5.41, 5.74) is -1.27. The molecule has 108 valence electrons. The van der Waals surface area contributed by atoms with Crippen LogP contribution in [0.15, 0.2) is 23.1 Å². The number of H-pyrrole nitrogens is 1. The van der Waals surface area contributed by atoms with Crippen molar-refractivity contribution in [1.29, 1.82) is 0 Å². The Balaban J connectivity index is 2.24. The van der Waals surface area contributed by atoms with E-state index in [1.807, 2.05) is 6.92 Å². The Bertz CT molecular complexity index is 560. The van der Waals surface area contributed by atoms with Crippen LogP contribution in [0.25, 0.3) is 0 Å². The van der Waals surface area contributed by atoms with Crippen molar-refractivity contribution in [3.05, 3.63) is 34.2 Å². The fraction of sp³-hybridized carbons (Fsp3) is 0.500. The van der Waals surface area contributed by atoms with E-state index in [0.717, 1.165) is 19.3 Å². The summed E-state index contributed by atoms with van der Waals surface area (Å²) in [4.78, 5) is 37.2. The van der Waals surface area contributed by atoms with Gasteiger partial charge in [-0.2, -0.15) is 0 Å². The van der Waals surface area contributed by atoms with Gasteiger partial charge in [-0.1, -0.05) is 19.8 Å². The van der Waals surface area contributed by atoms with Crippen molar-refractivity contribution in [1.82, 2.24) is 10.3 Å². The minimum Gasteiger partial charge on any atom is -0.479 e. The lowest BCUT2D eigenvalue weighted by molar-refractivity contribution is -0.148. The van der Waals surface area contributed by atoms with Crippen molar-refractivity contribution in [2.24, 2.45) is 5.92 Å². The zero-order valence-electron chi connectivity index (χ0n) is 11.3. The molecule has 1 aromatic rings. The average molecular weight is 278 g/mol. The van der Waals surface area contributed by atoms with E-state index in [-0.39, 0.29) is 17.0 Å². The van der Waals surface area contributed by atoms with Crippen LogP contribution in [-0.2, 0) is 4.79 Å². The molecule has 2 rings (SSSR count). The molecule has 3 N–H and O–H groups in total. The minimum absolute atomic E-state index is 0.125. The van der Waals surface area contributed by atoms with Gasteiger partial charge >= 0.3 is 5.97 Å². The highest BCUT2D eigenvalue weighted by Crippen LogP contribution is 2.34. The second kappa shape index (κ2) is 5.48. The summed E-state index contributed by atoms with van der Waals surface area (Å²) in [6.07, 6.45) is 4.25. The first-order valence-corrected chi connectivity index (χ1v) is 6.70. The van der Waals surface area contributed by atoms with Crippen molar-refractivity contribution < 1.29 is 14.7 Å². The van der Waals surface area contributed by atoms with Crippen molar-refractivity contribution in [2.75, 3.05) is 0 Å². The van der Waals surface area contributed by atoms with E-state index in [9.17, 15) is 19.5 Å². The number of pyridine rings is 1. The molecule has 2 atom stereocenters. The van der Waals surface area contributed by atoms with Gasteiger partial charge < -0.3 is 15.4 Å². The van der Waals surface area contributed by atoms with Gasteiger partial charge in [0.2, 0.25) is 5.56 Å². The molecule has 1 fully saturated rings. The number of aliphatic carboxylic acids is 1. The van der Waals surface area contributed by atoms with Crippen LogP contribution in [0.2, 0.25) is 0 Å². The molecule has 0 aliphatic heterocycles. The fourth-order valence-electron chi connectivity index (χ4n) is 2.73. The summed E-state index contributed by atoms with van der Waals surface area (Å²) in [5, 5.41) is 12.2. The number of carboxylic acids is 1. The Hall–Kier alpha value is -2.11. The molecule has 1 amide bonds. The summed E-state index contributed by atoms with van der Waals surface area (Å²) >= 11 is 0. The Labute approximate surface area is 116 Å². The molecule has 1 heterocycles. The van der Waals surface area contributed by atoms with E-state index in [1.165, 1.54) is 18.3 Å². The monoisotopic (exact) mass is 278 g/mol. The van der Waals surface area contributed by atoms with Crippen LogP contribution in [0.5, 0.6) is 0 Å². The lowest BCUT2D eigenvalue weighted by Gasteiger charge is -2.39. The van der Waals surface area contributed by atoms with Crippen LogP contribution >= 0.6 is 0 Å². The summed E-state index contributed by atoms with van der Waals surface area (Å²) in [6, 6.07) is 2.63. The topological polar surface area (TPSA) is 99.3 Å². The predicted octanol–water partition coefficient (Wildman–Crippen LogP) is 1.14. The van der Waals surface area contributed by atoms with Crippen LogP contribution in [0.4, 0.5) is 0 Å². The molecule has 0 saturated heterocycles. The first-order chi connectivity index (χ1) is 9.45. The number of aromatic amines is 1. The van der Waals surface area contributed by atoms with Gasteiger partial charge in [0.25, 0.3) is 5.91 Å². The Kier molecular flexibility index (Phi) is 3.92. The van der Waals surface area contributed by atoms with E-state index >= 15 is 0 Å². The first-order valence-electron chi connectivity index (χ1n) is 6.70. The van der Waals surface area contributed by atoms with Crippen molar-refractivity contribution >= 4 is 11.9 Å². The van der Waals surface area contributed by atoms with E-state index < -0.39 is 17.4 Å². The average Bonchev–Trinajstić information content (AvgIpc) is 2.42.